The lowest BCUT2D eigenvalue weighted by Gasteiger charge is -2.32. The zero-order valence-corrected chi connectivity index (χ0v) is 13.0. The molecule has 0 spiro atoms. The minimum atomic E-state index is 0.0762. The maximum Gasteiger partial charge on any atom is 0.222 e. The quantitative estimate of drug-likeness (QED) is 0.682. The van der Waals surface area contributed by atoms with Crippen molar-refractivity contribution < 1.29 is 9.59 Å². The van der Waals surface area contributed by atoms with Gasteiger partial charge in [0.25, 0.3) is 0 Å². The molecule has 0 saturated carbocycles. The summed E-state index contributed by atoms with van der Waals surface area (Å²) in [6, 6.07) is 0. The molecule has 2 amide bonds. The van der Waals surface area contributed by atoms with Crippen LogP contribution in [0.4, 0.5) is 0 Å². The summed E-state index contributed by atoms with van der Waals surface area (Å²) in [7, 11) is 2.07. The third-order valence-corrected chi connectivity index (χ3v) is 3.75. The van der Waals surface area contributed by atoms with Crippen LogP contribution >= 0.6 is 0 Å². The second-order valence-corrected chi connectivity index (χ2v) is 5.59. The Morgan fingerprint density at radius 1 is 1.00 bits per heavy atom. The average molecular weight is 283 g/mol. The first-order chi connectivity index (χ1) is 9.63. The summed E-state index contributed by atoms with van der Waals surface area (Å²) in [5.74, 6) is 0.268. The minimum absolute atomic E-state index is 0.0762. The smallest absolute Gasteiger partial charge is 0.222 e. The zero-order chi connectivity index (χ0) is 14.8. The van der Waals surface area contributed by atoms with Crippen LogP contribution in [0.3, 0.4) is 0 Å². The van der Waals surface area contributed by atoms with Crippen molar-refractivity contribution in [2.45, 2.75) is 45.4 Å². The lowest BCUT2D eigenvalue weighted by atomic mass is 10.2. The Labute approximate surface area is 122 Å². The number of nitrogens with zero attached hydrogens (tertiary/aromatic N) is 2. The molecule has 0 aliphatic carbocycles. The van der Waals surface area contributed by atoms with Crippen LogP contribution in [-0.4, -0.2) is 61.4 Å². The molecule has 1 N–H and O–H groups in total. The van der Waals surface area contributed by atoms with E-state index in [1.807, 2.05) is 4.90 Å². The average Bonchev–Trinajstić information content (AvgIpc) is 2.44. The molecule has 0 bridgehead atoms. The lowest BCUT2D eigenvalue weighted by Crippen LogP contribution is -2.47. The molecule has 5 nitrogen and oxygen atoms in total. The van der Waals surface area contributed by atoms with E-state index >= 15 is 0 Å². The molecule has 5 heteroatoms. The van der Waals surface area contributed by atoms with E-state index in [0.29, 0.717) is 19.3 Å². The second-order valence-electron chi connectivity index (χ2n) is 5.59. The Morgan fingerprint density at radius 3 is 2.35 bits per heavy atom. The van der Waals surface area contributed by atoms with Gasteiger partial charge in [-0.05, 0) is 19.9 Å². The highest BCUT2D eigenvalue weighted by molar-refractivity contribution is 5.79. The molecular formula is C15H29N3O2. The van der Waals surface area contributed by atoms with Gasteiger partial charge in [-0.15, -0.1) is 0 Å². The molecule has 1 heterocycles. The maximum absolute atomic E-state index is 12.0. The fourth-order valence-corrected chi connectivity index (χ4v) is 2.31. The number of piperazine rings is 1. The van der Waals surface area contributed by atoms with Crippen molar-refractivity contribution in [2.24, 2.45) is 0 Å². The van der Waals surface area contributed by atoms with Crippen LogP contribution < -0.4 is 5.32 Å². The highest BCUT2D eigenvalue weighted by Gasteiger charge is 2.18. The second kappa shape index (κ2) is 9.75. The SMILES string of the molecule is CCCCCNC(=O)CCCC(=O)N1CCN(C)CC1. The van der Waals surface area contributed by atoms with E-state index in [1.165, 1.54) is 0 Å². The molecule has 1 aliphatic rings. The van der Waals surface area contributed by atoms with Crippen molar-refractivity contribution in [3.05, 3.63) is 0 Å². The third-order valence-electron chi connectivity index (χ3n) is 3.75. The van der Waals surface area contributed by atoms with Gasteiger partial charge in [-0.2, -0.15) is 0 Å². The molecule has 1 saturated heterocycles. The summed E-state index contributed by atoms with van der Waals surface area (Å²) in [5, 5.41) is 2.91. The van der Waals surface area contributed by atoms with E-state index in [1.54, 1.807) is 0 Å². The molecule has 0 aromatic carbocycles. The minimum Gasteiger partial charge on any atom is -0.356 e. The summed E-state index contributed by atoms with van der Waals surface area (Å²) < 4.78 is 0. The number of hydrogen-bond acceptors (Lipinski definition) is 3. The van der Waals surface area contributed by atoms with Gasteiger partial charge < -0.3 is 15.1 Å². The normalized spacial score (nSPS) is 16.2. The first-order valence-electron chi connectivity index (χ1n) is 7.86. The van der Waals surface area contributed by atoms with Gasteiger partial charge in [-0.1, -0.05) is 19.8 Å². The van der Waals surface area contributed by atoms with Gasteiger partial charge in [0.2, 0.25) is 11.8 Å². The van der Waals surface area contributed by atoms with Crippen LogP contribution in [0, 0.1) is 0 Å². The fraction of sp³-hybridized carbons (Fsp3) is 0.867. The predicted molar refractivity (Wildman–Crippen MR) is 80.5 cm³/mol. The number of carbonyl (C=O) groups is 2. The Morgan fingerprint density at radius 2 is 1.70 bits per heavy atom. The highest BCUT2D eigenvalue weighted by atomic mass is 16.2. The Kier molecular flexibility index (Phi) is 8.26. The van der Waals surface area contributed by atoms with Gasteiger partial charge in [-0.3, -0.25) is 9.59 Å². The molecule has 1 rings (SSSR count). The Hall–Kier alpha value is -1.10. The van der Waals surface area contributed by atoms with E-state index in [0.717, 1.165) is 52.0 Å². The summed E-state index contributed by atoms with van der Waals surface area (Å²) in [4.78, 5) is 27.7. The summed E-state index contributed by atoms with van der Waals surface area (Å²) in [6.45, 7) is 6.44. The van der Waals surface area contributed by atoms with E-state index < -0.39 is 0 Å². The lowest BCUT2D eigenvalue weighted by molar-refractivity contribution is -0.133. The number of carbonyl (C=O) groups excluding carboxylic acids is 2. The molecule has 0 atom stereocenters. The topological polar surface area (TPSA) is 52.7 Å². The Balaban J connectivity index is 2.05. The maximum atomic E-state index is 12.0. The molecule has 0 unspecified atom stereocenters. The van der Waals surface area contributed by atoms with E-state index in [4.69, 9.17) is 0 Å². The molecule has 20 heavy (non-hydrogen) atoms. The number of amides is 2. The molecular weight excluding hydrogens is 254 g/mol. The van der Waals surface area contributed by atoms with Crippen LogP contribution in [0.15, 0.2) is 0 Å². The summed E-state index contributed by atoms with van der Waals surface area (Å²) >= 11 is 0. The van der Waals surface area contributed by atoms with Crippen LogP contribution in [0.5, 0.6) is 0 Å². The molecule has 116 valence electrons. The van der Waals surface area contributed by atoms with Crippen molar-refractivity contribution in [1.29, 1.82) is 0 Å². The Bertz CT molecular complexity index is 299. The number of likely N-dealkylation sites (N-methyl/N-ethyl adjacent to an activating group) is 1. The standard InChI is InChI=1S/C15H29N3O2/c1-3-4-5-9-16-14(19)7-6-8-15(20)18-12-10-17(2)11-13-18/h3-13H2,1-2H3,(H,16,19). The molecule has 1 aliphatic heterocycles. The van der Waals surface area contributed by atoms with Crippen LogP contribution in [-0.2, 0) is 9.59 Å². The fourth-order valence-electron chi connectivity index (χ4n) is 2.31. The largest absolute Gasteiger partial charge is 0.356 e. The van der Waals surface area contributed by atoms with Crippen LogP contribution in [0.1, 0.15) is 45.4 Å². The number of nitrogens with one attached hydrogen (secondary N) is 1. The van der Waals surface area contributed by atoms with Gasteiger partial charge >= 0.3 is 0 Å². The first-order valence-corrected chi connectivity index (χ1v) is 7.86. The van der Waals surface area contributed by atoms with Crippen molar-refractivity contribution in [1.82, 2.24) is 15.1 Å². The number of rotatable bonds is 8. The third kappa shape index (κ3) is 6.89. The first kappa shape index (κ1) is 17.0. The van der Waals surface area contributed by atoms with Crippen LogP contribution in [0.25, 0.3) is 0 Å². The van der Waals surface area contributed by atoms with Crippen molar-refractivity contribution in [2.75, 3.05) is 39.8 Å². The molecule has 0 aromatic heterocycles. The van der Waals surface area contributed by atoms with Crippen molar-refractivity contribution in [3.63, 3.8) is 0 Å². The van der Waals surface area contributed by atoms with Gasteiger partial charge in [0.1, 0.15) is 0 Å². The van der Waals surface area contributed by atoms with Crippen LogP contribution in [0.2, 0.25) is 0 Å². The predicted octanol–water partition coefficient (Wildman–Crippen LogP) is 1.24. The van der Waals surface area contributed by atoms with Gasteiger partial charge in [0, 0.05) is 45.6 Å². The van der Waals surface area contributed by atoms with E-state index in [9.17, 15) is 9.59 Å². The van der Waals surface area contributed by atoms with Gasteiger partial charge in [-0.25, -0.2) is 0 Å². The van der Waals surface area contributed by atoms with E-state index in [2.05, 4.69) is 24.2 Å². The van der Waals surface area contributed by atoms with E-state index in [-0.39, 0.29) is 11.8 Å². The molecule has 1 fully saturated rings. The summed E-state index contributed by atoms with van der Waals surface area (Å²) in [6.07, 6.45) is 4.97. The highest BCUT2D eigenvalue weighted by Crippen LogP contribution is 2.05. The van der Waals surface area contributed by atoms with Gasteiger partial charge in [0.15, 0.2) is 0 Å². The van der Waals surface area contributed by atoms with Crippen molar-refractivity contribution >= 4 is 11.8 Å². The van der Waals surface area contributed by atoms with Gasteiger partial charge in [0.05, 0.1) is 0 Å². The number of hydrogen-bond donors (Lipinski definition) is 1. The monoisotopic (exact) mass is 283 g/mol. The molecule has 0 radical (unpaired) electrons. The summed E-state index contributed by atoms with van der Waals surface area (Å²) in [5.41, 5.74) is 0. The number of unbranched alkanes of at least 4 members (excludes halogenated alkanes) is 2. The zero-order valence-electron chi connectivity index (χ0n) is 13.0. The molecule has 0 aromatic rings. The van der Waals surface area contributed by atoms with Crippen molar-refractivity contribution in [3.8, 4) is 0 Å².